The fourth-order valence-electron chi connectivity index (χ4n) is 13.4. The van der Waals surface area contributed by atoms with Gasteiger partial charge < -0.3 is 67.1 Å². The molecule has 1 saturated carbocycles. The van der Waals surface area contributed by atoms with Crippen molar-refractivity contribution in [3.05, 3.63) is 227 Å². The number of aliphatic hydroxyl groups excluding tert-OH is 2. The highest BCUT2D eigenvalue weighted by Crippen LogP contribution is 2.44. The lowest BCUT2D eigenvalue weighted by molar-refractivity contribution is -0.409. The Morgan fingerprint density at radius 3 is 1.33 bits per heavy atom. The fraction of sp³-hybridized carbons (Fsp3) is 0.408. The Labute approximate surface area is 527 Å². The van der Waals surface area contributed by atoms with E-state index >= 15 is 9.59 Å². The summed E-state index contributed by atoms with van der Waals surface area (Å²) in [4.78, 5) is 62.9. The SMILES string of the molecule is C=CCO[C@@H]1O[C@H](COCc2ccccc2)[C@@H](O[C@@H]2O[C@H](COCc3ccccc3)[C@@H](O[C@@H]3O[C@@H]4COC5(CCCCC5)O[C@H]4[C@H](O)[C@@H]3O)[C@H](OCc3ccccc3)[C@H]2N2C(=O)c3ccccc3C2=O)[C@H](OCc2ccccc2)[C@H]1N1C(=O)c2ccccc2C1=O. The monoisotopic (exact) mass is 1240 g/mol. The van der Waals surface area contributed by atoms with Gasteiger partial charge in [0, 0.05) is 12.8 Å². The summed E-state index contributed by atoms with van der Waals surface area (Å²) >= 11 is 0. The number of carbonyl (C=O) groups is 4. The number of ether oxygens (including phenoxy) is 12. The van der Waals surface area contributed by atoms with Crippen LogP contribution < -0.4 is 0 Å². The van der Waals surface area contributed by atoms with Crippen molar-refractivity contribution in [1.29, 1.82) is 0 Å². The molecule has 13 rings (SSSR count). The lowest BCUT2D eigenvalue weighted by atomic mass is 9.90. The Bertz CT molecular complexity index is 3400. The summed E-state index contributed by atoms with van der Waals surface area (Å²) in [6, 6.07) is 47.4. The smallest absolute Gasteiger partial charge is 0.262 e. The Kier molecular flexibility index (Phi) is 19.5. The molecule has 15 atom stereocenters. The van der Waals surface area contributed by atoms with E-state index in [1.165, 1.54) is 6.08 Å². The van der Waals surface area contributed by atoms with Crippen LogP contribution >= 0.6 is 0 Å². The van der Waals surface area contributed by atoms with Crippen molar-refractivity contribution in [3.63, 3.8) is 0 Å². The second-order valence-electron chi connectivity index (χ2n) is 23.9. The number of carbonyl (C=O) groups excluding carboxylic acids is 4. The number of aliphatic hydroxyl groups is 2. The number of benzene rings is 6. The van der Waals surface area contributed by atoms with Gasteiger partial charge in [0.05, 0.1) is 75.1 Å². The molecule has 4 amide bonds. The number of imide groups is 2. The topological polar surface area (TPSA) is 226 Å². The van der Waals surface area contributed by atoms with Gasteiger partial charge in [0.25, 0.3) is 23.6 Å². The molecule has 6 aromatic carbocycles. The van der Waals surface area contributed by atoms with Gasteiger partial charge in [-0.2, -0.15) is 0 Å². The molecule has 0 radical (unpaired) electrons. The van der Waals surface area contributed by atoms with Crippen molar-refractivity contribution in [3.8, 4) is 0 Å². The maximum Gasteiger partial charge on any atom is 0.262 e. The molecule has 0 unspecified atom stereocenters. The first-order valence-corrected chi connectivity index (χ1v) is 31.2. The van der Waals surface area contributed by atoms with E-state index in [4.69, 9.17) is 56.8 Å². The average Bonchev–Trinajstić information content (AvgIpc) is 1.75. The van der Waals surface area contributed by atoms with Gasteiger partial charge in [-0.25, -0.2) is 0 Å². The van der Waals surface area contributed by atoms with Gasteiger partial charge in [0.15, 0.2) is 24.7 Å². The maximum atomic E-state index is 15.4. The third-order valence-electron chi connectivity index (χ3n) is 17.9. The lowest BCUT2D eigenvalue weighted by Gasteiger charge is -2.54. The summed E-state index contributed by atoms with van der Waals surface area (Å²) in [5, 5.41) is 24.4. The van der Waals surface area contributed by atoms with Crippen LogP contribution in [0.25, 0.3) is 0 Å². The van der Waals surface area contributed by atoms with Gasteiger partial charge >= 0.3 is 0 Å². The van der Waals surface area contributed by atoms with Crippen molar-refractivity contribution in [2.75, 3.05) is 26.4 Å². The van der Waals surface area contributed by atoms with E-state index in [1.54, 1.807) is 48.5 Å². The minimum atomic E-state index is -1.74. The van der Waals surface area contributed by atoms with Crippen molar-refractivity contribution in [1.82, 2.24) is 9.80 Å². The van der Waals surface area contributed by atoms with Crippen LogP contribution in [-0.4, -0.2) is 168 Å². The highest BCUT2D eigenvalue weighted by Gasteiger charge is 2.62. The predicted octanol–water partition coefficient (Wildman–Crippen LogP) is 7.87. The van der Waals surface area contributed by atoms with Gasteiger partial charge in [-0.1, -0.05) is 158 Å². The summed E-state index contributed by atoms with van der Waals surface area (Å²) < 4.78 is 82.3. The summed E-state index contributed by atoms with van der Waals surface area (Å²) in [5.41, 5.74) is 3.57. The Hall–Kier alpha value is -7.22. The molecule has 6 aliphatic heterocycles. The molecule has 1 aliphatic carbocycles. The van der Waals surface area contributed by atoms with Gasteiger partial charge in [-0.05, 0) is 59.4 Å². The van der Waals surface area contributed by atoms with Gasteiger partial charge in [-0.3, -0.25) is 29.0 Å². The molecule has 7 aliphatic rings. The zero-order chi connectivity index (χ0) is 62.4. The normalized spacial score (nSPS) is 30.3. The minimum absolute atomic E-state index is 0.0228. The summed E-state index contributed by atoms with van der Waals surface area (Å²) in [6.07, 6.45) is -12.5. The van der Waals surface area contributed by atoms with Crippen molar-refractivity contribution < 1.29 is 86.2 Å². The first-order valence-electron chi connectivity index (χ1n) is 31.2. The Morgan fingerprint density at radius 2 is 0.879 bits per heavy atom. The zero-order valence-corrected chi connectivity index (χ0v) is 50.1. The van der Waals surface area contributed by atoms with E-state index < -0.39 is 121 Å². The number of hydrogen-bond acceptors (Lipinski definition) is 18. The van der Waals surface area contributed by atoms with Crippen molar-refractivity contribution >= 4 is 23.6 Å². The fourth-order valence-corrected chi connectivity index (χ4v) is 13.4. The lowest BCUT2D eigenvalue weighted by Crippen LogP contribution is -2.72. The van der Waals surface area contributed by atoms with E-state index in [2.05, 4.69) is 6.58 Å². The maximum absolute atomic E-state index is 15.4. The number of hydrogen-bond donors (Lipinski definition) is 2. The first-order chi connectivity index (χ1) is 44.6. The van der Waals surface area contributed by atoms with E-state index in [0.717, 1.165) is 45.8 Å². The molecule has 6 aromatic rings. The molecule has 20 heteroatoms. The van der Waals surface area contributed by atoms with E-state index in [9.17, 15) is 19.8 Å². The molecule has 0 bridgehead atoms. The van der Waals surface area contributed by atoms with Gasteiger partial charge in [0.2, 0.25) is 0 Å². The number of fused-ring (bicyclic) bond motifs is 3. The van der Waals surface area contributed by atoms with E-state index in [0.29, 0.717) is 18.4 Å². The largest absolute Gasteiger partial charge is 0.387 e. The van der Waals surface area contributed by atoms with Crippen LogP contribution in [0.4, 0.5) is 0 Å². The van der Waals surface area contributed by atoms with E-state index in [-0.39, 0.29) is 75.1 Å². The highest BCUT2D eigenvalue weighted by molar-refractivity contribution is 6.22. The summed E-state index contributed by atoms with van der Waals surface area (Å²) in [6.45, 7) is 3.34. The van der Waals surface area contributed by atoms with Crippen LogP contribution in [0.5, 0.6) is 0 Å². The Morgan fingerprint density at radius 1 is 0.473 bits per heavy atom. The molecule has 6 heterocycles. The van der Waals surface area contributed by atoms with Crippen LogP contribution in [0.15, 0.2) is 183 Å². The van der Waals surface area contributed by atoms with E-state index in [1.807, 2.05) is 121 Å². The predicted molar refractivity (Wildman–Crippen MR) is 324 cm³/mol. The molecule has 1 spiro atoms. The third-order valence-corrected chi connectivity index (χ3v) is 17.9. The Balaban J connectivity index is 0.943. The molecule has 4 saturated heterocycles. The third kappa shape index (κ3) is 13.3. The molecule has 0 aromatic heterocycles. The van der Waals surface area contributed by atoms with Crippen molar-refractivity contribution in [2.24, 2.45) is 0 Å². The average molecular weight is 1240 g/mol. The van der Waals surface area contributed by atoms with Gasteiger partial charge in [0.1, 0.15) is 73.1 Å². The minimum Gasteiger partial charge on any atom is -0.387 e. The number of rotatable bonds is 23. The molecular weight excluding hydrogens is 1170 g/mol. The zero-order valence-electron chi connectivity index (χ0n) is 50.1. The van der Waals surface area contributed by atoms with Crippen molar-refractivity contribution in [2.45, 2.75) is 156 Å². The van der Waals surface area contributed by atoms with Gasteiger partial charge in [-0.15, -0.1) is 6.58 Å². The van der Waals surface area contributed by atoms with Crippen LogP contribution in [0.1, 0.15) is 95.8 Å². The second kappa shape index (κ2) is 28.3. The summed E-state index contributed by atoms with van der Waals surface area (Å²) in [5.74, 6) is -3.64. The molecule has 5 fully saturated rings. The molecule has 476 valence electrons. The molecule has 2 N–H and O–H groups in total. The molecule has 20 nitrogen and oxygen atoms in total. The van der Waals surface area contributed by atoms with Crippen LogP contribution in [0, 0.1) is 0 Å². The number of nitrogens with zero attached hydrogens (tertiary/aromatic N) is 2. The van der Waals surface area contributed by atoms with Crippen LogP contribution in [-0.2, 0) is 83.3 Å². The molecule has 91 heavy (non-hydrogen) atoms. The quantitative estimate of drug-likeness (QED) is 0.0460. The summed E-state index contributed by atoms with van der Waals surface area (Å²) in [7, 11) is 0. The number of amides is 4. The van der Waals surface area contributed by atoms with Crippen LogP contribution in [0.2, 0.25) is 0 Å². The second-order valence-corrected chi connectivity index (χ2v) is 23.9. The molecular formula is C71H74N2O18. The first kappa shape index (κ1) is 62.6. The standard InChI is InChI=1S/C71H74N2O18/c1-2-36-82-68-55(72-64(76)48-30-16-17-31-49(48)65(72)77)62(83-39-46-26-12-5-13-27-46)60(52(86-68)41-80-37-44-22-8-3-9-23-44)89-69-56(73-66(78)50-32-18-19-33-51(50)67(73)79)63(84-40-47-28-14-6-15-29-47)61(53(87-69)42-81-38-45-24-10-4-11-25-45)90-70-58(75)57(74)59-54(88-70)43-85-71(91-59)34-20-7-21-35-71/h2-6,8-19,22-33,52-63,68-70,74-75H,1,7,20-21,34-43H2/t52-,53-,54-,55-,56-,57-,58+,59-,60-,61-,62-,63-,68-,69+,70+/m1/s1. The van der Waals surface area contributed by atoms with Crippen LogP contribution in [0.3, 0.4) is 0 Å². The highest BCUT2D eigenvalue weighted by atomic mass is 16.8.